The van der Waals surface area contributed by atoms with Gasteiger partial charge >= 0.3 is 5.97 Å². The molecule has 1 saturated heterocycles. The molecule has 0 atom stereocenters. The number of ether oxygens (including phenoxy) is 2. The second kappa shape index (κ2) is 3.56. The van der Waals surface area contributed by atoms with Crippen molar-refractivity contribution in [2.24, 2.45) is 0 Å². The average molecular weight is 143 g/mol. The summed E-state index contributed by atoms with van der Waals surface area (Å²) in [7, 11) is 0. The molecule has 0 N–H and O–H groups in total. The van der Waals surface area contributed by atoms with E-state index in [2.05, 4.69) is 0 Å². The van der Waals surface area contributed by atoms with Crippen LogP contribution in [0.4, 0.5) is 0 Å². The highest BCUT2D eigenvalue weighted by Gasteiger charge is 2.21. The smallest absolute Gasteiger partial charge is 0.306 e. The summed E-state index contributed by atoms with van der Waals surface area (Å²) in [6.45, 7) is 2.96. The molecule has 0 aromatic heterocycles. The molecule has 0 unspecified atom stereocenters. The molecule has 1 fully saturated rings. The van der Waals surface area contributed by atoms with Crippen molar-refractivity contribution in [2.45, 2.75) is 19.4 Å². The minimum absolute atomic E-state index is 0.0208. The van der Waals surface area contributed by atoms with Crippen LogP contribution in [0.1, 0.15) is 13.3 Å². The largest absolute Gasteiger partial charge is 0.457 e. The Morgan fingerprint density at radius 1 is 1.80 bits per heavy atom. The third kappa shape index (κ3) is 1.99. The Morgan fingerprint density at radius 2 is 2.50 bits per heavy atom. The number of rotatable bonds is 3. The zero-order valence-electron chi connectivity index (χ0n) is 6.00. The zero-order chi connectivity index (χ0) is 7.40. The van der Waals surface area contributed by atoms with Gasteiger partial charge in [0.25, 0.3) is 0 Å². The lowest BCUT2D eigenvalue weighted by atomic mass is 10.3. The van der Waals surface area contributed by atoms with Gasteiger partial charge in [-0.15, -0.1) is 0 Å². The second-order valence-electron chi connectivity index (χ2n) is 2.26. The zero-order valence-corrected chi connectivity index (χ0v) is 6.00. The minimum Gasteiger partial charge on any atom is -0.457 e. The normalized spacial score (nSPS) is 18.1. The first kappa shape index (κ1) is 7.54. The first-order chi connectivity index (χ1) is 4.83. The lowest BCUT2D eigenvalue weighted by Gasteiger charge is -2.25. The van der Waals surface area contributed by atoms with Crippen molar-refractivity contribution >= 4 is 5.97 Å². The van der Waals surface area contributed by atoms with Gasteiger partial charge in [-0.05, 0) is 6.42 Å². The minimum atomic E-state index is -0.157. The van der Waals surface area contributed by atoms with E-state index in [4.69, 9.17) is 9.47 Å². The van der Waals surface area contributed by atoms with Crippen LogP contribution in [0.2, 0.25) is 0 Å². The van der Waals surface area contributed by atoms with Crippen LogP contribution in [0.25, 0.3) is 0 Å². The topological polar surface area (TPSA) is 35.5 Å². The van der Waals surface area contributed by atoms with Crippen LogP contribution in [-0.2, 0) is 14.3 Å². The Morgan fingerprint density at radius 3 is 2.90 bits per heavy atom. The predicted molar refractivity (Wildman–Crippen MR) is 35.3 cm³/mol. The van der Waals surface area contributed by atoms with Crippen LogP contribution < -0.4 is 0 Å². The van der Waals surface area contributed by atoms with Crippen molar-refractivity contribution in [3.05, 3.63) is 6.42 Å². The van der Waals surface area contributed by atoms with Crippen LogP contribution in [-0.4, -0.2) is 25.3 Å². The van der Waals surface area contributed by atoms with Crippen molar-refractivity contribution in [1.29, 1.82) is 0 Å². The lowest BCUT2D eigenvalue weighted by molar-refractivity contribution is -0.171. The highest BCUT2D eigenvalue weighted by Crippen LogP contribution is 2.06. The first-order valence-corrected chi connectivity index (χ1v) is 3.38. The monoisotopic (exact) mass is 143 g/mol. The molecule has 0 saturated carbocycles. The molecular formula is C7H11O3. The van der Waals surface area contributed by atoms with E-state index in [0.29, 0.717) is 19.6 Å². The molecule has 10 heavy (non-hydrogen) atoms. The van der Waals surface area contributed by atoms with Gasteiger partial charge in [-0.3, -0.25) is 4.79 Å². The quantitative estimate of drug-likeness (QED) is 0.541. The van der Waals surface area contributed by atoms with Gasteiger partial charge in [0.05, 0.1) is 13.2 Å². The van der Waals surface area contributed by atoms with E-state index in [0.717, 1.165) is 0 Å². The van der Waals surface area contributed by atoms with E-state index in [-0.39, 0.29) is 12.1 Å². The van der Waals surface area contributed by atoms with Gasteiger partial charge < -0.3 is 9.47 Å². The standard InChI is InChI=1S/C7H11O3/c1-2-3-7(8)10-6-4-9-5-6/h2,6H,3-5H2,1H3. The fourth-order valence-corrected chi connectivity index (χ4v) is 0.683. The molecule has 0 aromatic rings. The molecule has 1 aliphatic heterocycles. The van der Waals surface area contributed by atoms with Gasteiger partial charge in [0.15, 0.2) is 0 Å². The first-order valence-electron chi connectivity index (χ1n) is 3.38. The molecule has 3 nitrogen and oxygen atoms in total. The molecule has 1 aliphatic rings. The van der Waals surface area contributed by atoms with E-state index in [1.54, 1.807) is 6.42 Å². The van der Waals surface area contributed by atoms with Crippen molar-refractivity contribution < 1.29 is 14.3 Å². The summed E-state index contributed by atoms with van der Waals surface area (Å²) >= 11 is 0. The van der Waals surface area contributed by atoms with E-state index in [1.807, 2.05) is 6.92 Å². The molecule has 0 aliphatic carbocycles. The van der Waals surface area contributed by atoms with Crippen molar-refractivity contribution in [2.75, 3.05) is 13.2 Å². The summed E-state index contributed by atoms with van der Waals surface area (Å²) in [6, 6.07) is 0. The molecular weight excluding hydrogens is 132 g/mol. The van der Waals surface area contributed by atoms with Crippen LogP contribution in [0, 0.1) is 6.42 Å². The summed E-state index contributed by atoms with van der Waals surface area (Å²) < 4.78 is 9.76. The van der Waals surface area contributed by atoms with Crippen LogP contribution in [0.5, 0.6) is 0 Å². The van der Waals surface area contributed by atoms with Gasteiger partial charge in [-0.1, -0.05) is 6.92 Å². The third-order valence-corrected chi connectivity index (χ3v) is 1.28. The van der Waals surface area contributed by atoms with E-state index < -0.39 is 0 Å². The highest BCUT2D eigenvalue weighted by molar-refractivity contribution is 5.70. The fourth-order valence-electron chi connectivity index (χ4n) is 0.683. The van der Waals surface area contributed by atoms with Gasteiger partial charge in [-0.2, -0.15) is 0 Å². The average Bonchev–Trinajstić information content (AvgIpc) is 1.80. The van der Waals surface area contributed by atoms with Gasteiger partial charge in [0.1, 0.15) is 6.10 Å². The van der Waals surface area contributed by atoms with Crippen molar-refractivity contribution in [3.8, 4) is 0 Å². The summed E-state index contributed by atoms with van der Waals surface area (Å²) in [5.41, 5.74) is 0. The Kier molecular flexibility index (Phi) is 2.68. The van der Waals surface area contributed by atoms with Crippen molar-refractivity contribution in [3.63, 3.8) is 0 Å². The number of carbonyl (C=O) groups is 1. The fraction of sp³-hybridized carbons (Fsp3) is 0.714. The van der Waals surface area contributed by atoms with Gasteiger partial charge in [0, 0.05) is 6.42 Å². The van der Waals surface area contributed by atoms with Crippen LogP contribution >= 0.6 is 0 Å². The highest BCUT2D eigenvalue weighted by atomic mass is 16.6. The molecule has 0 spiro atoms. The maximum Gasteiger partial charge on any atom is 0.306 e. The molecule has 0 bridgehead atoms. The summed E-state index contributed by atoms with van der Waals surface area (Å²) in [4.78, 5) is 10.7. The van der Waals surface area contributed by atoms with E-state index in [1.165, 1.54) is 0 Å². The summed E-state index contributed by atoms with van der Waals surface area (Å²) in [6.07, 6.45) is 2.20. The molecule has 57 valence electrons. The molecule has 3 heteroatoms. The Labute approximate surface area is 60.3 Å². The summed E-state index contributed by atoms with van der Waals surface area (Å²) in [5, 5.41) is 0. The molecule has 0 aromatic carbocycles. The second-order valence-corrected chi connectivity index (χ2v) is 2.26. The molecule has 1 radical (unpaired) electrons. The Hall–Kier alpha value is -0.570. The predicted octanol–water partition coefficient (Wildman–Crippen LogP) is 0.543. The third-order valence-electron chi connectivity index (χ3n) is 1.28. The Bertz CT molecular complexity index is 118. The van der Waals surface area contributed by atoms with E-state index in [9.17, 15) is 4.79 Å². The van der Waals surface area contributed by atoms with Crippen molar-refractivity contribution in [1.82, 2.24) is 0 Å². The van der Waals surface area contributed by atoms with Crippen LogP contribution in [0.3, 0.4) is 0 Å². The number of carbonyl (C=O) groups excluding carboxylic acids is 1. The molecule has 1 rings (SSSR count). The van der Waals surface area contributed by atoms with Gasteiger partial charge in [-0.25, -0.2) is 0 Å². The van der Waals surface area contributed by atoms with Crippen LogP contribution in [0.15, 0.2) is 0 Å². The van der Waals surface area contributed by atoms with Gasteiger partial charge in [0.2, 0.25) is 0 Å². The number of hydrogen-bond donors (Lipinski definition) is 0. The lowest BCUT2D eigenvalue weighted by Crippen LogP contribution is -2.37. The Balaban J connectivity index is 2.05. The molecule has 1 heterocycles. The maximum atomic E-state index is 10.7. The van der Waals surface area contributed by atoms with E-state index >= 15 is 0 Å². The number of hydrogen-bond acceptors (Lipinski definition) is 3. The maximum absolute atomic E-state index is 10.7. The SMILES string of the molecule is C[CH]CC(=O)OC1COC1. The summed E-state index contributed by atoms with van der Waals surface area (Å²) in [5.74, 6) is -0.157. The number of esters is 1. The molecule has 0 amide bonds.